The van der Waals surface area contributed by atoms with E-state index in [1.54, 1.807) is 0 Å². The molecule has 1 aliphatic rings. The lowest BCUT2D eigenvalue weighted by atomic mass is 10.1. The number of benzene rings is 1. The van der Waals surface area contributed by atoms with E-state index in [9.17, 15) is 0 Å². The topological polar surface area (TPSA) is 56.9 Å². The molecular formula is C17H20N4O. The average Bonchev–Trinajstić information content (AvgIpc) is 3.17. The first kappa shape index (κ1) is 13.5. The molecular weight excluding hydrogens is 276 g/mol. The predicted molar refractivity (Wildman–Crippen MR) is 85.6 cm³/mol. The minimum atomic E-state index is 0.191. The predicted octanol–water partition coefficient (Wildman–Crippen LogP) is 2.77. The summed E-state index contributed by atoms with van der Waals surface area (Å²) in [6.45, 7) is 5.33. The monoisotopic (exact) mass is 296 g/mol. The number of aromatic amines is 2. The number of imidazole rings is 1. The van der Waals surface area contributed by atoms with Gasteiger partial charge in [-0.2, -0.15) is 0 Å². The van der Waals surface area contributed by atoms with Crippen molar-refractivity contribution in [2.24, 2.45) is 0 Å². The van der Waals surface area contributed by atoms with Crippen LogP contribution < -0.4 is 0 Å². The first-order valence-corrected chi connectivity index (χ1v) is 7.69. The second-order valence-corrected chi connectivity index (χ2v) is 5.87. The number of fused-ring (bicyclic) bond motifs is 1. The maximum Gasteiger partial charge on any atom is 0.126 e. The number of morpholine rings is 1. The van der Waals surface area contributed by atoms with Crippen molar-refractivity contribution in [1.82, 2.24) is 19.9 Å². The third-order valence-corrected chi connectivity index (χ3v) is 4.34. The third kappa shape index (κ3) is 2.42. The van der Waals surface area contributed by atoms with Crippen LogP contribution in [0.5, 0.6) is 0 Å². The second kappa shape index (κ2) is 5.59. The van der Waals surface area contributed by atoms with E-state index in [2.05, 4.69) is 44.1 Å². The fraction of sp³-hybridized carbons (Fsp3) is 0.353. The maximum absolute atomic E-state index is 5.68. The van der Waals surface area contributed by atoms with E-state index in [0.717, 1.165) is 31.2 Å². The highest BCUT2D eigenvalue weighted by atomic mass is 16.5. The van der Waals surface area contributed by atoms with Gasteiger partial charge in [-0.05, 0) is 24.6 Å². The van der Waals surface area contributed by atoms with Gasteiger partial charge in [0.2, 0.25) is 0 Å². The van der Waals surface area contributed by atoms with Crippen molar-refractivity contribution >= 4 is 10.9 Å². The molecule has 1 saturated heterocycles. The van der Waals surface area contributed by atoms with Crippen LogP contribution in [0.2, 0.25) is 0 Å². The summed E-state index contributed by atoms with van der Waals surface area (Å²) in [5, 5.41) is 1.29. The van der Waals surface area contributed by atoms with Crippen LogP contribution in [0.15, 0.2) is 36.7 Å². The minimum absolute atomic E-state index is 0.191. The van der Waals surface area contributed by atoms with Crippen LogP contribution in [0.1, 0.15) is 23.1 Å². The third-order valence-electron chi connectivity index (χ3n) is 4.34. The molecule has 3 aromatic rings. The Labute approximate surface area is 129 Å². The largest absolute Gasteiger partial charge is 0.378 e. The number of nitrogens with one attached hydrogen (secondary N) is 2. The minimum Gasteiger partial charge on any atom is -0.378 e. The van der Waals surface area contributed by atoms with Gasteiger partial charge in [-0.25, -0.2) is 4.98 Å². The molecule has 1 aliphatic heterocycles. The van der Waals surface area contributed by atoms with Gasteiger partial charge in [-0.1, -0.05) is 12.1 Å². The molecule has 0 bridgehead atoms. The van der Waals surface area contributed by atoms with Crippen LogP contribution in [0.3, 0.4) is 0 Å². The van der Waals surface area contributed by atoms with E-state index >= 15 is 0 Å². The smallest absolute Gasteiger partial charge is 0.126 e. The molecule has 0 spiro atoms. The van der Waals surface area contributed by atoms with E-state index in [1.807, 2.05) is 19.3 Å². The molecule has 1 fully saturated rings. The summed E-state index contributed by atoms with van der Waals surface area (Å²) in [7, 11) is 0. The van der Waals surface area contributed by atoms with Crippen LogP contribution in [-0.2, 0) is 11.3 Å². The Hall–Kier alpha value is -2.11. The van der Waals surface area contributed by atoms with Crippen molar-refractivity contribution in [1.29, 1.82) is 0 Å². The van der Waals surface area contributed by atoms with Gasteiger partial charge in [0, 0.05) is 42.1 Å². The highest BCUT2D eigenvalue weighted by molar-refractivity contribution is 5.82. The first-order chi connectivity index (χ1) is 10.8. The molecule has 3 heterocycles. The van der Waals surface area contributed by atoms with Gasteiger partial charge in [-0.15, -0.1) is 0 Å². The number of H-pyrrole nitrogens is 2. The highest BCUT2D eigenvalue weighted by Gasteiger charge is 2.27. The molecule has 2 N–H and O–H groups in total. The van der Waals surface area contributed by atoms with Crippen LogP contribution in [0.25, 0.3) is 10.9 Å². The molecule has 1 unspecified atom stereocenters. The zero-order chi connectivity index (χ0) is 14.9. The molecule has 1 aromatic carbocycles. The molecule has 22 heavy (non-hydrogen) atoms. The number of ether oxygens (including phenoxy) is 1. The Morgan fingerprint density at radius 2 is 2.32 bits per heavy atom. The standard InChI is InChI=1S/C17H20N4O/c1-12-9-19-17(20-12)16-11-22-8-7-21(16)10-13-3-2-4-15-14(13)5-6-18-15/h2-6,9,16,18H,7-8,10-11H2,1H3,(H,19,20). The van der Waals surface area contributed by atoms with Crippen molar-refractivity contribution in [2.75, 3.05) is 19.8 Å². The Kier molecular flexibility index (Phi) is 3.44. The summed E-state index contributed by atoms with van der Waals surface area (Å²) >= 11 is 0. The Bertz CT molecular complexity index is 776. The van der Waals surface area contributed by atoms with Crippen LogP contribution in [-0.4, -0.2) is 39.6 Å². The van der Waals surface area contributed by atoms with Gasteiger partial charge in [0.15, 0.2) is 0 Å². The maximum atomic E-state index is 5.68. The lowest BCUT2D eigenvalue weighted by molar-refractivity contribution is -0.0154. The van der Waals surface area contributed by atoms with Crippen molar-refractivity contribution < 1.29 is 4.74 Å². The molecule has 4 rings (SSSR count). The lowest BCUT2D eigenvalue weighted by Crippen LogP contribution is -2.39. The highest BCUT2D eigenvalue weighted by Crippen LogP contribution is 2.26. The van der Waals surface area contributed by atoms with Crippen molar-refractivity contribution in [3.05, 3.63) is 53.7 Å². The van der Waals surface area contributed by atoms with Crippen LogP contribution in [0, 0.1) is 6.92 Å². The fourth-order valence-electron chi connectivity index (χ4n) is 3.19. The number of aromatic nitrogens is 3. The van der Waals surface area contributed by atoms with Crippen molar-refractivity contribution in [3.63, 3.8) is 0 Å². The van der Waals surface area contributed by atoms with E-state index in [4.69, 9.17) is 4.74 Å². The summed E-state index contributed by atoms with van der Waals surface area (Å²) in [6, 6.07) is 8.77. The Morgan fingerprint density at radius 3 is 3.18 bits per heavy atom. The first-order valence-electron chi connectivity index (χ1n) is 7.69. The van der Waals surface area contributed by atoms with Crippen molar-refractivity contribution in [2.45, 2.75) is 19.5 Å². The zero-order valence-electron chi connectivity index (χ0n) is 12.7. The molecule has 1 atom stereocenters. The van der Waals surface area contributed by atoms with Gasteiger partial charge >= 0.3 is 0 Å². The molecule has 0 amide bonds. The van der Waals surface area contributed by atoms with Gasteiger partial charge in [0.1, 0.15) is 5.82 Å². The Morgan fingerprint density at radius 1 is 1.36 bits per heavy atom. The van der Waals surface area contributed by atoms with Gasteiger partial charge < -0.3 is 14.7 Å². The zero-order valence-corrected chi connectivity index (χ0v) is 12.7. The molecule has 5 nitrogen and oxygen atoms in total. The molecule has 0 radical (unpaired) electrons. The van der Waals surface area contributed by atoms with Crippen LogP contribution in [0.4, 0.5) is 0 Å². The fourth-order valence-corrected chi connectivity index (χ4v) is 3.19. The summed E-state index contributed by atoms with van der Waals surface area (Å²) in [5.74, 6) is 0.999. The molecule has 114 valence electrons. The van der Waals surface area contributed by atoms with Crippen LogP contribution >= 0.6 is 0 Å². The van der Waals surface area contributed by atoms with Gasteiger partial charge in [-0.3, -0.25) is 4.90 Å². The lowest BCUT2D eigenvalue weighted by Gasteiger charge is -2.34. The molecule has 5 heteroatoms. The SMILES string of the molecule is Cc1cnc(C2COCCN2Cc2cccc3[nH]ccc23)[nH]1. The average molecular weight is 296 g/mol. The number of hydrogen-bond acceptors (Lipinski definition) is 3. The second-order valence-electron chi connectivity index (χ2n) is 5.87. The van der Waals surface area contributed by atoms with Gasteiger partial charge in [0.25, 0.3) is 0 Å². The normalized spacial score (nSPS) is 19.8. The number of aryl methyl sites for hydroxylation is 1. The number of nitrogens with zero attached hydrogens (tertiary/aromatic N) is 2. The number of rotatable bonds is 3. The Balaban J connectivity index is 1.63. The van der Waals surface area contributed by atoms with Gasteiger partial charge in [0.05, 0.1) is 19.3 Å². The quantitative estimate of drug-likeness (QED) is 0.781. The summed E-state index contributed by atoms with van der Waals surface area (Å²) in [4.78, 5) is 13.6. The summed E-state index contributed by atoms with van der Waals surface area (Å²) in [6.07, 6.45) is 3.88. The van der Waals surface area contributed by atoms with Crippen molar-refractivity contribution in [3.8, 4) is 0 Å². The number of hydrogen-bond donors (Lipinski definition) is 2. The van der Waals surface area contributed by atoms with E-state index in [1.165, 1.54) is 16.5 Å². The molecule has 0 saturated carbocycles. The van der Waals surface area contributed by atoms with E-state index in [-0.39, 0.29) is 6.04 Å². The molecule has 2 aromatic heterocycles. The summed E-state index contributed by atoms with van der Waals surface area (Å²) < 4.78 is 5.68. The van der Waals surface area contributed by atoms with E-state index < -0.39 is 0 Å². The molecule has 0 aliphatic carbocycles. The van der Waals surface area contributed by atoms with E-state index in [0.29, 0.717) is 6.61 Å². The summed E-state index contributed by atoms with van der Waals surface area (Å²) in [5.41, 5.74) is 3.62.